The van der Waals surface area contributed by atoms with Gasteiger partial charge < -0.3 is 15.4 Å². The third kappa shape index (κ3) is 6150. The fourth-order valence-electron chi connectivity index (χ4n) is 0. The summed E-state index contributed by atoms with van der Waals surface area (Å²) in [4.78, 5) is 0. The Kier molecular flexibility index (Phi) is 9.14. The molecule has 4 N–H and O–H groups in total. The van der Waals surface area contributed by atoms with Gasteiger partial charge in [0, 0.05) is 0 Å². The Hall–Kier alpha value is -0.120. The summed E-state index contributed by atoms with van der Waals surface area (Å²) in [5.74, 6) is 0. The summed E-state index contributed by atoms with van der Waals surface area (Å²) in [7, 11) is 8.50. The average molecular weight is 110 g/mol. The third-order valence-corrected chi connectivity index (χ3v) is 0. The molecule has 0 bridgehead atoms. The van der Waals surface area contributed by atoms with E-state index in [0.717, 1.165) is 4.48 Å². The summed E-state index contributed by atoms with van der Waals surface area (Å²) in [6.45, 7) is 0. The lowest BCUT2D eigenvalue weighted by Crippen LogP contribution is -2.27. The van der Waals surface area contributed by atoms with Crippen molar-refractivity contribution in [3.05, 3.63) is 0 Å². The molecule has 0 spiro atoms. The van der Waals surface area contributed by atoms with Gasteiger partial charge in [0.25, 0.3) is 0 Å². The van der Waals surface area contributed by atoms with E-state index < -0.39 is 0 Å². The van der Waals surface area contributed by atoms with Gasteiger partial charge in [0.15, 0.2) is 0 Å². The van der Waals surface area contributed by atoms with E-state index in [1.807, 2.05) is 0 Å². The topological polar surface area (TPSA) is 63.0 Å². The van der Waals surface area contributed by atoms with Crippen LogP contribution in [0.1, 0.15) is 0 Å². The van der Waals surface area contributed by atoms with Crippen LogP contribution < -0.4 is 0 Å². The maximum Gasteiger partial charge on any atom is 0.0675 e. The van der Waals surface area contributed by atoms with E-state index in [0.29, 0.717) is 0 Å². The Labute approximate surface area is 44.8 Å². The van der Waals surface area contributed by atoms with Crippen LogP contribution in [0.2, 0.25) is 0 Å². The SMILES string of the molecule is C[N+](C)(C)C.O.O. The quantitative estimate of drug-likeness (QED) is 0.347. The molecular weight excluding hydrogens is 94.0 g/mol. The van der Waals surface area contributed by atoms with E-state index in [4.69, 9.17) is 0 Å². The number of hydrogen-bond acceptors (Lipinski definition) is 0. The fraction of sp³-hybridized carbons (Fsp3) is 1.00. The molecule has 0 amide bonds. The first-order valence-electron chi connectivity index (χ1n) is 1.79. The van der Waals surface area contributed by atoms with E-state index in [2.05, 4.69) is 28.2 Å². The smallest absolute Gasteiger partial charge is 0.0675 e. The fourth-order valence-corrected chi connectivity index (χ4v) is 0. The molecule has 0 unspecified atom stereocenters. The van der Waals surface area contributed by atoms with Crippen molar-refractivity contribution in [2.24, 2.45) is 0 Å². The molecular formula is C4H16NO2+. The second kappa shape index (κ2) is 4.05. The summed E-state index contributed by atoms with van der Waals surface area (Å²) < 4.78 is 1.00. The summed E-state index contributed by atoms with van der Waals surface area (Å²) >= 11 is 0. The van der Waals surface area contributed by atoms with Gasteiger partial charge in [-0.1, -0.05) is 0 Å². The molecule has 0 fully saturated rings. The van der Waals surface area contributed by atoms with Gasteiger partial charge in [0.1, 0.15) is 0 Å². The van der Waals surface area contributed by atoms with Crippen molar-refractivity contribution < 1.29 is 15.4 Å². The molecule has 0 aliphatic rings. The van der Waals surface area contributed by atoms with Gasteiger partial charge in [-0.2, -0.15) is 0 Å². The molecule has 0 aromatic heterocycles. The first-order valence-corrected chi connectivity index (χ1v) is 1.79. The van der Waals surface area contributed by atoms with Gasteiger partial charge in [-0.05, 0) is 0 Å². The average Bonchev–Trinajstić information content (AvgIpc) is 0.722. The molecule has 0 atom stereocenters. The summed E-state index contributed by atoms with van der Waals surface area (Å²) in [6, 6.07) is 0. The van der Waals surface area contributed by atoms with Crippen LogP contribution in [-0.4, -0.2) is 43.6 Å². The molecule has 3 heteroatoms. The Bertz CT molecular complexity index is 25.2. The molecule has 0 radical (unpaired) electrons. The van der Waals surface area contributed by atoms with E-state index in [-0.39, 0.29) is 11.0 Å². The first kappa shape index (κ1) is 15.8. The number of nitrogens with zero attached hydrogens (tertiary/aromatic N) is 1. The highest BCUT2D eigenvalue weighted by Gasteiger charge is 1.88. The second-order valence-corrected chi connectivity index (χ2v) is 2.68. The minimum atomic E-state index is 0. The van der Waals surface area contributed by atoms with Crippen molar-refractivity contribution >= 4 is 0 Å². The minimum absolute atomic E-state index is 0. The zero-order chi connectivity index (χ0) is 4.50. The lowest BCUT2D eigenvalue weighted by molar-refractivity contribution is -0.849. The van der Waals surface area contributed by atoms with Gasteiger partial charge in [0.2, 0.25) is 0 Å². The predicted octanol–water partition coefficient (Wildman–Crippen LogP) is -1.33. The maximum absolute atomic E-state index is 2.12. The van der Waals surface area contributed by atoms with Gasteiger partial charge in [-0.3, -0.25) is 0 Å². The summed E-state index contributed by atoms with van der Waals surface area (Å²) in [5, 5.41) is 0. The Morgan fingerprint density at radius 1 is 0.714 bits per heavy atom. The van der Waals surface area contributed by atoms with Crippen LogP contribution in [0.15, 0.2) is 0 Å². The number of hydrogen-bond donors (Lipinski definition) is 0. The third-order valence-electron chi connectivity index (χ3n) is 0. The Morgan fingerprint density at radius 3 is 0.714 bits per heavy atom. The van der Waals surface area contributed by atoms with E-state index >= 15 is 0 Å². The minimum Gasteiger partial charge on any atom is -0.412 e. The molecule has 0 aliphatic carbocycles. The van der Waals surface area contributed by atoms with Crippen molar-refractivity contribution in [3.8, 4) is 0 Å². The van der Waals surface area contributed by atoms with E-state index in [9.17, 15) is 0 Å². The van der Waals surface area contributed by atoms with Crippen LogP contribution in [0, 0.1) is 0 Å². The number of rotatable bonds is 0. The van der Waals surface area contributed by atoms with Crippen molar-refractivity contribution in [1.29, 1.82) is 0 Å². The molecule has 0 saturated heterocycles. The molecule has 0 heterocycles. The lowest BCUT2D eigenvalue weighted by atomic mass is 10.8. The van der Waals surface area contributed by atoms with Crippen molar-refractivity contribution in [2.45, 2.75) is 0 Å². The highest BCUT2D eigenvalue weighted by molar-refractivity contribution is 3.87. The molecule has 0 aliphatic heterocycles. The molecule has 0 aromatic carbocycles. The van der Waals surface area contributed by atoms with Crippen LogP contribution in [0.3, 0.4) is 0 Å². The zero-order valence-electron chi connectivity index (χ0n) is 5.45. The molecule has 0 saturated carbocycles. The summed E-state index contributed by atoms with van der Waals surface area (Å²) in [5.41, 5.74) is 0. The zero-order valence-corrected chi connectivity index (χ0v) is 5.45. The first-order chi connectivity index (χ1) is 2.00. The molecule has 7 heavy (non-hydrogen) atoms. The van der Waals surface area contributed by atoms with Gasteiger partial charge in [0.05, 0.1) is 28.2 Å². The predicted molar refractivity (Wildman–Crippen MR) is 31.2 cm³/mol. The van der Waals surface area contributed by atoms with Crippen LogP contribution in [0.25, 0.3) is 0 Å². The highest BCUT2D eigenvalue weighted by atomic mass is 16.0. The van der Waals surface area contributed by atoms with Crippen LogP contribution in [0.5, 0.6) is 0 Å². The molecule has 0 aromatic rings. The van der Waals surface area contributed by atoms with E-state index in [1.165, 1.54) is 0 Å². The normalized spacial score (nSPS) is 8.57. The van der Waals surface area contributed by atoms with Gasteiger partial charge in [-0.25, -0.2) is 0 Å². The largest absolute Gasteiger partial charge is 0.412 e. The van der Waals surface area contributed by atoms with Gasteiger partial charge >= 0.3 is 0 Å². The molecule has 3 nitrogen and oxygen atoms in total. The van der Waals surface area contributed by atoms with Crippen LogP contribution in [-0.2, 0) is 0 Å². The monoisotopic (exact) mass is 110 g/mol. The Morgan fingerprint density at radius 2 is 0.714 bits per heavy atom. The summed E-state index contributed by atoms with van der Waals surface area (Å²) in [6.07, 6.45) is 0. The molecule has 0 rings (SSSR count). The Balaban J connectivity index is -0.0000000800. The number of quaternary nitrogens is 1. The molecule has 48 valence electrons. The van der Waals surface area contributed by atoms with Crippen molar-refractivity contribution in [2.75, 3.05) is 28.2 Å². The van der Waals surface area contributed by atoms with Gasteiger partial charge in [-0.15, -0.1) is 0 Å². The maximum atomic E-state index is 2.12. The van der Waals surface area contributed by atoms with Crippen LogP contribution >= 0.6 is 0 Å². The van der Waals surface area contributed by atoms with Crippen molar-refractivity contribution in [3.63, 3.8) is 0 Å². The standard InChI is InChI=1S/C4H12N.2H2O/c1-5(2,3)4;;/h1-4H3;2*1H2/q+1;;. The van der Waals surface area contributed by atoms with Crippen LogP contribution in [0.4, 0.5) is 0 Å². The highest BCUT2D eigenvalue weighted by Crippen LogP contribution is 1.73. The van der Waals surface area contributed by atoms with E-state index in [1.54, 1.807) is 0 Å². The lowest BCUT2D eigenvalue weighted by Gasteiger charge is -2.14. The second-order valence-electron chi connectivity index (χ2n) is 2.68. The van der Waals surface area contributed by atoms with Crippen molar-refractivity contribution in [1.82, 2.24) is 0 Å².